The number of sulfonamides is 1. The lowest BCUT2D eigenvalue weighted by Gasteiger charge is -2.32. The quantitative estimate of drug-likeness (QED) is 0.462. The van der Waals surface area contributed by atoms with Gasteiger partial charge in [0, 0.05) is 18.0 Å². The maximum atomic E-state index is 13.7. The van der Waals surface area contributed by atoms with Crippen molar-refractivity contribution in [2.24, 2.45) is 0 Å². The van der Waals surface area contributed by atoms with Gasteiger partial charge in [0.15, 0.2) is 0 Å². The number of benzene rings is 3. The second kappa shape index (κ2) is 11.4. The Morgan fingerprint density at radius 2 is 1.54 bits per heavy atom. The summed E-state index contributed by atoms with van der Waals surface area (Å²) in [7, 11) is -3.79. The zero-order valence-corrected chi connectivity index (χ0v) is 21.5. The number of hydrogen-bond donors (Lipinski definition) is 1. The van der Waals surface area contributed by atoms with Gasteiger partial charge in [0.25, 0.3) is 0 Å². The third-order valence-corrected chi connectivity index (χ3v) is 7.21. The molecular formula is C27H33N3O4S. The van der Waals surface area contributed by atoms with Crippen LogP contribution in [0.2, 0.25) is 0 Å². The van der Waals surface area contributed by atoms with Gasteiger partial charge in [-0.1, -0.05) is 73.7 Å². The minimum absolute atomic E-state index is 0.0400. The van der Waals surface area contributed by atoms with Gasteiger partial charge in [-0.05, 0) is 37.3 Å². The maximum Gasteiger partial charge on any atom is 0.244 e. The van der Waals surface area contributed by atoms with E-state index in [0.717, 1.165) is 33.3 Å². The number of carbonyl (C=O) groups is 2. The Kier molecular flexibility index (Phi) is 8.51. The zero-order valence-electron chi connectivity index (χ0n) is 20.6. The summed E-state index contributed by atoms with van der Waals surface area (Å²) < 4.78 is 26.8. The Bertz CT molecular complexity index is 1270. The van der Waals surface area contributed by atoms with Crippen LogP contribution in [-0.2, 0) is 26.2 Å². The molecule has 3 rings (SSSR count). The highest BCUT2D eigenvalue weighted by atomic mass is 32.2. The summed E-state index contributed by atoms with van der Waals surface area (Å²) in [6.07, 6.45) is 1.84. The lowest BCUT2D eigenvalue weighted by molar-refractivity contribution is -0.139. The Morgan fingerprint density at radius 1 is 0.914 bits per heavy atom. The topological polar surface area (TPSA) is 86.8 Å². The van der Waals surface area contributed by atoms with Gasteiger partial charge < -0.3 is 10.2 Å². The second-order valence-electron chi connectivity index (χ2n) is 8.77. The lowest BCUT2D eigenvalue weighted by atomic mass is 10.1. The van der Waals surface area contributed by atoms with E-state index in [9.17, 15) is 18.0 Å². The molecule has 0 saturated carbocycles. The first-order chi connectivity index (χ1) is 16.6. The van der Waals surface area contributed by atoms with Gasteiger partial charge in [0.05, 0.1) is 11.9 Å². The zero-order chi connectivity index (χ0) is 25.6. The van der Waals surface area contributed by atoms with E-state index in [1.165, 1.54) is 4.90 Å². The van der Waals surface area contributed by atoms with E-state index in [2.05, 4.69) is 5.32 Å². The fraction of sp³-hybridized carbons (Fsp3) is 0.333. The van der Waals surface area contributed by atoms with Crippen molar-refractivity contribution in [3.63, 3.8) is 0 Å². The average molecular weight is 496 g/mol. The first-order valence-electron chi connectivity index (χ1n) is 11.7. The molecule has 35 heavy (non-hydrogen) atoms. The standard InChI is InChI=1S/C27H33N3O4S/c1-5-20(2)28-27(32)21(3)29(18-22-12-7-6-8-13-22)26(31)19-30(35(4,33)34)25-17-11-15-23-14-9-10-16-24(23)25/h6-17,20-21H,5,18-19H2,1-4H3,(H,28,32)/t20-,21+/m0/s1. The summed E-state index contributed by atoms with van der Waals surface area (Å²) in [5, 5.41) is 4.52. The van der Waals surface area contributed by atoms with Crippen LogP contribution in [0.3, 0.4) is 0 Å². The second-order valence-corrected chi connectivity index (χ2v) is 10.7. The van der Waals surface area contributed by atoms with Crippen LogP contribution >= 0.6 is 0 Å². The van der Waals surface area contributed by atoms with Crippen LogP contribution in [0.25, 0.3) is 10.8 Å². The summed E-state index contributed by atoms with van der Waals surface area (Å²) in [4.78, 5) is 28.0. The van der Waals surface area contributed by atoms with Crippen LogP contribution < -0.4 is 9.62 Å². The number of rotatable bonds is 10. The summed E-state index contributed by atoms with van der Waals surface area (Å²) >= 11 is 0. The van der Waals surface area contributed by atoms with E-state index in [0.29, 0.717) is 5.69 Å². The predicted molar refractivity (Wildman–Crippen MR) is 140 cm³/mol. The van der Waals surface area contributed by atoms with Crippen molar-refractivity contribution in [2.75, 3.05) is 17.1 Å². The monoisotopic (exact) mass is 495 g/mol. The number of nitrogens with one attached hydrogen (secondary N) is 1. The van der Waals surface area contributed by atoms with E-state index in [4.69, 9.17) is 0 Å². The van der Waals surface area contributed by atoms with E-state index < -0.39 is 28.5 Å². The highest BCUT2D eigenvalue weighted by Gasteiger charge is 2.30. The van der Waals surface area contributed by atoms with Gasteiger partial charge in [0.1, 0.15) is 12.6 Å². The van der Waals surface area contributed by atoms with Gasteiger partial charge in [-0.3, -0.25) is 13.9 Å². The molecule has 186 valence electrons. The minimum Gasteiger partial charge on any atom is -0.352 e. The molecule has 0 unspecified atom stereocenters. The fourth-order valence-corrected chi connectivity index (χ4v) is 4.71. The van der Waals surface area contributed by atoms with Crippen molar-refractivity contribution < 1.29 is 18.0 Å². The van der Waals surface area contributed by atoms with E-state index >= 15 is 0 Å². The van der Waals surface area contributed by atoms with Crippen molar-refractivity contribution in [3.8, 4) is 0 Å². The van der Waals surface area contributed by atoms with Crippen LogP contribution in [0.4, 0.5) is 5.69 Å². The van der Waals surface area contributed by atoms with Crippen molar-refractivity contribution in [1.82, 2.24) is 10.2 Å². The van der Waals surface area contributed by atoms with Gasteiger partial charge in [-0.25, -0.2) is 8.42 Å². The van der Waals surface area contributed by atoms with Gasteiger partial charge >= 0.3 is 0 Å². The highest BCUT2D eigenvalue weighted by Crippen LogP contribution is 2.28. The summed E-state index contributed by atoms with van der Waals surface area (Å²) in [5.74, 6) is -0.737. The number of amides is 2. The molecule has 1 N–H and O–H groups in total. The SMILES string of the molecule is CC[C@H](C)NC(=O)[C@@H](C)N(Cc1ccccc1)C(=O)CN(c1cccc2ccccc12)S(C)(=O)=O. The maximum absolute atomic E-state index is 13.7. The average Bonchev–Trinajstić information content (AvgIpc) is 2.84. The van der Waals surface area contributed by atoms with Crippen LogP contribution in [0.1, 0.15) is 32.8 Å². The van der Waals surface area contributed by atoms with E-state index in [1.807, 2.05) is 74.5 Å². The molecule has 0 saturated heterocycles. The van der Waals surface area contributed by atoms with Crippen LogP contribution in [0, 0.1) is 0 Å². The van der Waals surface area contributed by atoms with Gasteiger partial charge in [-0.2, -0.15) is 0 Å². The molecular weight excluding hydrogens is 462 g/mol. The predicted octanol–water partition coefficient (Wildman–Crippen LogP) is 3.94. The Hall–Kier alpha value is -3.39. The molecule has 0 bridgehead atoms. The molecule has 0 radical (unpaired) electrons. The number of nitrogens with zero attached hydrogens (tertiary/aromatic N) is 2. The molecule has 2 amide bonds. The molecule has 3 aromatic carbocycles. The minimum atomic E-state index is -3.79. The van der Waals surface area contributed by atoms with Crippen LogP contribution in [0.15, 0.2) is 72.8 Å². The Morgan fingerprint density at radius 3 is 2.20 bits per heavy atom. The molecule has 0 heterocycles. The fourth-order valence-electron chi connectivity index (χ4n) is 3.85. The summed E-state index contributed by atoms with van der Waals surface area (Å²) in [6.45, 7) is 5.31. The van der Waals surface area contributed by atoms with Crippen LogP contribution in [-0.4, -0.2) is 50.0 Å². The van der Waals surface area contributed by atoms with E-state index in [-0.39, 0.29) is 18.5 Å². The lowest BCUT2D eigenvalue weighted by Crippen LogP contribution is -2.52. The molecule has 2 atom stereocenters. The van der Waals surface area contributed by atoms with Crippen molar-refractivity contribution >= 4 is 38.3 Å². The first-order valence-corrected chi connectivity index (χ1v) is 13.6. The van der Waals surface area contributed by atoms with E-state index in [1.54, 1.807) is 19.1 Å². The summed E-state index contributed by atoms with van der Waals surface area (Å²) in [5.41, 5.74) is 1.27. The van der Waals surface area contributed by atoms with Gasteiger partial charge in [0.2, 0.25) is 21.8 Å². The first kappa shape index (κ1) is 26.2. The molecule has 7 nitrogen and oxygen atoms in total. The molecule has 0 aromatic heterocycles. The van der Waals surface area contributed by atoms with Crippen LogP contribution in [0.5, 0.6) is 0 Å². The molecule has 0 fully saturated rings. The molecule has 0 aliphatic heterocycles. The third kappa shape index (κ3) is 6.60. The summed E-state index contributed by atoms with van der Waals surface area (Å²) in [6, 6.07) is 21.3. The molecule has 0 spiro atoms. The number of hydrogen-bond acceptors (Lipinski definition) is 4. The number of anilines is 1. The number of fused-ring (bicyclic) bond motifs is 1. The molecule has 0 aliphatic rings. The third-order valence-electron chi connectivity index (χ3n) is 6.08. The molecule has 3 aromatic rings. The molecule has 8 heteroatoms. The highest BCUT2D eigenvalue weighted by molar-refractivity contribution is 7.92. The molecule has 0 aliphatic carbocycles. The largest absolute Gasteiger partial charge is 0.352 e. The normalized spacial score (nSPS) is 13.1. The van der Waals surface area contributed by atoms with Crippen molar-refractivity contribution in [1.29, 1.82) is 0 Å². The van der Waals surface area contributed by atoms with Crippen molar-refractivity contribution in [2.45, 2.75) is 45.8 Å². The van der Waals surface area contributed by atoms with Gasteiger partial charge in [-0.15, -0.1) is 0 Å². The number of carbonyl (C=O) groups excluding carboxylic acids is 2. The Labute approximate surface area is 207 Å². The Balaban J connectivity index is 1.97. The smallest absolute Gasteiger partial charge is 0.244 e. The van der Waals surface area contributed by atoms with Crippen molar-refractivity contribution in [3.05, 3.63) is 78.4 Å².